The molecule has 1 atom stereocenters. The Kier molecular flexibility index (Phi) is 6.31. The fourth-order valence-corrected chi connectivity index (χ4v) is 2.29. The molecule has 0 aliphatic rings. The Labute approximate surface area is 140 Å². The molecular formula is C17H23FN4O2. The van der Waals surface area contributed by atoms with Crippen LogP contribution in [0.25, 0.3) is 5.69 Å². The van der Waals surface area contributed by atoms with Crippen LogP contribution in [-0.2, 0) is 6.54 Å². The third kappa shape index (κ3) is 4.79. The van der Waals surface area contributed by atoms with Crippen molar-refractivity contribution in [1.29, 1.82) is 0 Å². The standard InChI is InChI=1S/C17H23FN4O2/c1-3-14(23)6-7-20-17(24)21-11-13-4-5-16(15(18)10-13)22-9-8-19-12(22)2/h4-5,8-10,14,23H,3,6-7,11H2,1-2H3,(H2,20,21,24). The summed E-state index contributed by atoms with van der Waals surface area (Å²) in [7, 11) is 0. The van der Waals surface area contributed by atoms with E-state index in [-0.39, 0.29) is 18.4 Å². The molecule has 0 bridgehead atoms. The molecule has 24 heavy (non-hydrogen) atoms. The molecule has 0 radical (unpaired) electrons. The number of nitrogens with zero attached hydrogens (tertiary/aromatic N) is 2. The van der Waals surface area contributed by atoms with Crippen molar-refractivity contribution in [2.75, 3.05) is 6.54 Å². The molecule has 0 aliphatic heterocycles. The highest BCUT2D eigenvalue weighted by molar-refractivity contribution is 5.73. The summed E-state index contributed by atoms with van der Waals surface area (Å²) in [4.78, 5) is 15.7. The molecule has 0 fully saturated rings. The van der Waals surface area contributed by atoms with Crippen LogP contribution >= 0.6 is 0 Å². The summed E-state index contributed by atoms with van der Waals surface area (Å²) in [5.41, 5.74) is 1.09. The molecule has 0 saturated heterocycles. The highest BCUT2D eigenvalue weighted by Crippen LogP contribution is 2.16. The van der Waals surface area contributed by atoms with Crippen molar-refractivity contribution in [2.24, 2.45) is 0 Å². The highest BCUT2D eigenvalue weighted by atomic mass is 19.1. The first-order valence-corrected chi connectivity index (χ1v) is 7.99. The van der Waals surface area contributed by atoms with Gasteiger partial charge in [0.05, 0.1) is 11.8 Å². The maximum Gasteiger partial charge on any atom is 0.315 e. The number of halogens is 1. The van der Waals surface area contributed by atoms with Gasteiger partial charge in [-0.3, -0.25) is 0 Å². The molecular weight excluding hydrogens is 311 g/mol. The molecule has 130 valence electrons. The summed E-state index contributed by atoms with van der Waals surface area (Å²) in [6.07, 6.45) is 4.08. The summed E-state index contributed by atoms with van der Waals surface area (Å²) in [5.74, 6) is 0.329. The summed E-state index contributed by atoms with van der Waals surface area (Å²) in [6, 6.07) is 4.49. The van der Waals surface area contributed by atoms with Gasteiger partial charge in [0.15, 0.2) is 0 Å². The van der Waals surface area contributed by atoms with Gasteiger partial charge in [0, 0.05) is 25.5 Å². The van der Waals surface area contributed by atoms with E-state index in [2.05, 4.69) is 15.6 Å². The lowest BCUT2D eigenvalue weighted by molar-refractivity contribution is 0.160. The van der Waals surface area contributed by atoms with Gasteiger partial charge in [-0.1, -0.05) is 13.0 Å². The predicted molar refractivity (Wildman–Crippen MR) is 89.4 cm³/mol. The minimum Gasteiger partial charge on any atom is -0.393 e. The lowest BCUT2D eigenvalue weighted by Gasteiger charge is -2.11. The van der Waals surface area contributed by atoms with Gasteiger partial charge < -0.3 is 20.3 Å². The smallest absolute Gasteiger partial charge is 0.315 e. The van der Waals surface area contributed by atoms with Crippen molar-refractivity contribution in [2.45, 2.75) is 39.3 Å². The number of hydrogen-bond donors (Lipinski definition) is 3. The first-order chi connectivity index (χ1) is 11.5. The zero-order valence-corrected chi connectivity index (χ0v) is 13.9. The Hall–Kier alpha value is -2.41. The van der Waals surface area contributed by atoms with Gasteiger partial charge in [-0.05, 0) is 37.5 Å². The van der Waals surface area contributed by atoms with E-state index >= 15 is 0 Å². The van der Waals surface area contributed by atoms with Gasteiger partial charge >= 0.3 is 6.03 Å². The quantitative estimate of drug-likeness (QED) is 0.727. The first-order valence-electron chi connectivity index (χ1n) is 7.99. The number of nitrogens with one attached hydrogen (secondary N) is 2. The molecule has 3 N–H and O–H groups in total. The van der Waals surface area contributed by atoms with Crippen LogP contribution in [-0.4, -0.2) is 33.3 Å². The third-order valence-corrected chi connectivity index (χ3v) is 3.78. The third-order valence-electron chi connectivity index (χ3n) is 3.78. The second-order valence-electron chi connectivity index (χ2n) is 5.59. The van der Waals surface area contributed by atoms with Gasteiger partial charge in [-0.15, -0.1) is 0 Å². The maximum atomic E-state index is 14.2. The van der Waals surface area contributed by atoms with Crippen LogP contribution in [0.5, 0.6) is 0 Å². The largest absolute Gasteiger partial charge is 0.393 e. The number of benzene rings is 1. The lowest BCUT2D eigenvalue weighted by atomic mass is 10.2. The van der Waals surface area contributed by atoms with Crippen molar-refractivity contribution < 1.29 is 14.3 Å². The summed E-state index contributed by atoms with van der Waals surface area (Å²) < 4.78 is 15.9. The Morgan fingerprint density at radius 1 is 1.42 bits per heavy atom. The molecule has 1 aromatic carbocycles. The number of aliphatic hydroxyl groups excluding tert-OH is 1. The second kappa shape index (κ2) is 8.44. The number of urea groups is 1. The Balaban J connectivity index is 1.87. The molecule has 7 heteroatoms. The summed E-state index contributed by atoms with van der Waals surface area (Å²) >= 11 is 0. The number of aromatic nitrogens is 2. The van der Waals surface area contributed by atoms with Crippen LogP contribution in [0, 0.1) is 12.7 Å². The fraction of sp³-hybridized carbons (Fsp3) is 0.412. The van der Waals surface area contributed by atoms with Gasteiger partial charge in [-0.25, -0.2) is 14.2 Å². The molecule has 1 aromatic heterocycles. The van der Waals surface area contributed by atoms with Crippen molar-refractivity contribution in [1.82, 2.24) is 20.2 Å². The topological polar surface area (TPSA) is 79.2 Å². The number of aryl methyl sites for hydroxylation is 1. The van der Waals surface area contributed by atoms with E-state index in [1.807, 2.05) is 6.92 Å². The zero-order valence-electron chi connectivity index (χ0n) is 13.9. The van der Waals surface area contributed by atoms with Crippen molar-refractivity contribution in [3.05, 3.63) is 47.8 Å². The highest BCUT2D eigenvalue weighted by Gasteiger charge is 2.09. The van der Waals surface area contributed by atoms with E-state index in [9.17, 15) is 14.3 Å². The van der Waals surface area contributed by atoms with E-state index in [1.165, 1.54) is 6.07 Å². The molecule has 2 amide bonds. The number of carbonyl (C=O) groups excluding carboxylic acids is 1. The lowest BCUT2D eigenvalue weighted by Crippen LogP contribution is -2.36. The molecule has 1 unspecified atom stereocenters. The number of hydrogen-bond acceptors (Lipinski definition) is 3. The minimum atomic E-state index is -0.404. The van der Waals surface area contributed by atoms with Crippen LogP contribution in [0.15, 0.2) is 30.6 Å². The van der Waals surface area contributed by atoms with Crippen molar-refractivity contribution in [3.63, 3.8) is 0 Å². The van der Waals surface area contributed by atoms with Gasteiger partial charge in [-0.2, -0.15) is 0 Å². The minimum absolute atomic E-state index is 0.224. The van der Waals surface area contributed by atoms with Crippen LogP contribution in [0.1, 0.15) is 31.2 Å². The maximum absolute atomic E-state index is 14.2. The average molecular weight is 334 g/mol. The second-order valence-corrected chi connectivity index (χ2v) is 5.59. The average Bonchev–Trinajstić information content (AvgIpc) is 2.98. The van der Waals surface area contributed by atoms with Crippen LogP contribution < -0.4 is 10.6 Å². The fourth-order valence-electron chi connectivity index (χ4n) is 2.29. The number of amides is 2. The Morgan fingerprint density at radius 3 is 2.83 bits per heavy atom. The van der Waals surface area contributed by atoms with Gasteiger partial charge in [0.25, 0.3) is 0 Å². The van der Waals surface area contributed by atoms with E-state index < -0.39 is 6.10 Å². The molecule has 0 saturated carbocycles. The van der Waals surface area contributed by atoms with Crippen LogP contribution in [0.3, 0.4) is 0 Å². The number of aliphatic hydroxyl groups is 1. The zero-order chi connectivity index (χ0) is 17.5. The van der Waals surface area contributed by atoms with E-state index in [4.69, 9.17) is 0 Å². The van der Waals surface area contributed by atoms with Crippen molar-refractivity contribution in [3.8, 4) is 5.69 Å². The molecule has 2 aromatic rings. The van der Waals surface area contributed by atoms with Crippen LogP contribution in [0.4, 0.5) is 9.18 Å². The monoisotopic (exact) mass is 334 g/mol. The summed E-state index contributed by atoms with van der Waals surface area (Å²) in [6.45, 7) is 4.30. The molecule has 1 heterocycles. The molecule has 6 nitrogen and oxygen atoms in total. The van der Waals surface area contributed by atoms with Crippen molar-refractivity contribution >= 4 is 6.03 Å². The van der Waals surface area contributed by atoms with Crippen LogP contribution in [0.2, 0.25) is 0 Å². The number of carbonyl (C=O) groups is 1. The van der Waals surface area contributed by atoms with E-state index in [0.29, 0.717) is 36.5 Å². The van der Waals surface area contributed by atoms with E-state index in [0.717, 1.165) is 0 Å². The number of imidazole rings is 1. The molecule has 0 spiro atoms. The van der Waals surface area contributed by atoms with Gasteiger partial charge in [0.1, 0.15) is 11.6 Å². The Bertz CT molecular complexity index is 687. The predicted octanol–water partition coefficient (Wildman–Crippen LogP) is 2.28. The molecule has 0 aliphatic carbocycles. The first kappa shape index (κ1) is 17.9. The SMILES string of the molecule is CCC(O)CCNC(=O)NCc1ccc(-n2ccnc2C)c(F)c1. The Morgan fingerprint density at radius 2 is 2.21 bits per heavy atom. The summed E-state index contributed by atoms with van der Waals surface area (Å²) in [5, 5.41) is 14.7. The normalized spacial score (nSPS) is 12.0. The molecule has 2 rings (SSSR count). The number of rotatable bonds is 7. The van der Waals surface area contributed by atoms with Gasteiger partial charge in [0.2, 0.25) is 0 Å². The van der Waals surface area contributed by atoms with E-state index in [1.54, 1.807) is 36.0 Å².